The third-order valence-electron chi connectivity index (χ3n) is 3.20. The zero-order valence-electron chi connectivity index (χ0n) is 12.1. The van der Waals surface area contributed by atoms with E-state index in [-0.39, 0.29) is 37.4 Å². The van der Waals surface area contributed by atoms with Gasteiger partial charge in [-0.1, -0.05) is 6.07 Å². The number of carbonyl (C=O) groups is 3. The first-order valence-corrected chi connectivity index (χ1v) is 6.75. The van der Waals surface area contributed by atoms with Gasteiger partial charge in [0, 0.05) is 26.2 Å². The number of carbonyl (C=O) groups excluding carboxylic acids is 3. The van der Waals surface area contributed by atoms with Gasteiger partial charge in [0.05, 0.1) is 0 Å². The first-order valence-electron chi connectivity index (χ1n) is 6.75. The summed E-state index contributed by atoms with van der Waals surface area (Å²) >= 11 is 0. The number of anilines is 1. The quantitative estimate of drug-likeness (QED) is 0.820. The van der Waals surface area contributed by atoms with Crippen LogP contribution in [0.15, 0.2) is 18.3 Å². The Bertz CT molecular complexity index is 556. The summed E-state index contributed by atoms with van der Waals surface area (Å²) in [7, 11) is 1.58. The number of amides is 4. The molecule has 1 aliphatic heterocycles. The number of pyridine rings is 1. The Morgan fingerprint density at radius 2 is 2.14 bits per heavy atom. The maximum Gasteiger partial charge on any atom is 0.326 e. The Labute approximate surface area is 122 Å². The van der Waals surface area contributed by atoms with Crippen molar-refractivity contribution in [2.75, 3.05) is 25.5 Å². The summed E-state index contributed by atoms with van der Waals surface area (Å²) in [4.78, 5) is 41.5. The van der Waals surface area contributed by atoms with Crippen LogP contribution >= 0.6 is 0 Å². The number of urea groups is 1. The van der Waals surface area contributed by atoms with Gasteiger partial charge in [0.15, 0.2) is 0 Å². The van der Waals surface area contributed by atoms with Crippen LogP contribution in [-0.2, 0) is 9.59 Å². The summed E-state index contributed by atoms with van der Waals surface area (Å²) in [6.07, 6.45) is 2.34. The third-order valence-corrected chi connectivity index (χ3v) is 3.20. The molecule has 1 N–H and O–H groups in total. The van der Waals surface area contributed by atoms with Crippen molar-refractivity contribution in [3.8, 4) is 0 Å². The minimum absolute atomic E-state index is 0.109. The van der Waals surface area contributed by atoms with Crippen LogP contribution in [0.1, 0.15) is 18.4 Å². The number of imide groups is 1. The Morgan fingerprint density at radius 1 is 1.38 bits per heavy atom. The van der Waals surface area contributed by atoms with Crippen LogP contribution in [-0.4, -0.2) is 52.8 Å². The van der Waals surface area contributed by atoms with Crippen LogP contribution in [0.2, 0.25) is 0 Å². The molecular formula is C14H18N4O3. The second-order valence-corrected chi connectivity index (χ2v) is 5.06. The molecule has 0 saturated carbocycles. The van der Waals surface area contributed by atoms with Crippen molar-refractivity contribution in [3.05, 3.63) is 23.9 Å². The van der Waals surface area contributed by atoms with Gasteiger partial charge in [-0.15, -0.1) is 0 Å². The maximum atomic E-state index is 11.7. The average Bonchev–Trinajstić information content (AvgIpc) is 2.68. The molecule has 2 heterocycles. The fraction of sp³-hybridized carbons (Fsp3) is 0.429. The van der Waals surface area contributed by atoms with Crippen molar-refractivity contribution in [1.29, 1.82) is 0 Å². The Kier molecular flexibility index (Phi) is 4.52. The molecule has 21 heavy (non-hydrogen) atoms. The number of hydrogen-bond donors (Lipinski definition) is 1. The molecule has 4 amide bonds. The van der Waals surface area contributed by atoms with E-state index >= 15 is 0 Å². The summed E-state index contributed by atoms with van der Waals surface area (Å²) in [6, 6.07) is 3.29. The number of aromatic nitrogens is 1. The summed E-state index contributed by atoms with van der Waals surface area (Å²) in [6.45, 7) is 2.29. The van der Waals surface area contributed by atoms with E-state index in [1.807, 2.05) is 13.0 Å². The molecule has 112 valence electrons. The van der Waals surface area contributed by atoms with Gasteiger partial charge in [-0.2, -0.15) is 0 Å². The number of nitrogens with zero attached hydrogens (tertiary/aromatic N) is 3. The molecule has 0 spiro atoms. The topological polar surface area (TPSA) is 82.6 Å². The second-order valence-electron chi connectivity index (χ2n) is 5.06. The number of nitrogens with one attached hydrogen (secondary N) is 1. The van der Waals surface area contributed by atoms with Gasteiger partial charge < -0.3 is 10.2 Å². The van der Waals surface area contributed by atoms with Crippen molar-refractivity contribution < 1.29 is 14.4 Å². The SMILES string of the molecule is Cc1ccc(NC(=O)CCCN2C(=O)CN(C)C2=O)nc1. The number of rotatable bonds is 5. The molecule has 1 aliphatic rings. The van der Waals surface area contributed by atoms with E-state index in [0.717, 1.165) is 5.56 Å². The van der Waals surface area contributed by atoms with Crippen molar-refractivity contribution in [1.82, 2.24) is 14.8 Å². The molecule has 0 radical (unpaired) electrons. The summed E-state index contributed by atoms with van der Waals surface area (Å²) in [5.74, 6) is 0.0978. The molecular weight excluding hydrogens is 272 g/mol. The molecule has 0 aliphatic carbocycles. The van der Waals surface area contributed by atoms with E-state index in [4.69, 9.17) is 0 Å². The van der Waals surface area contributed by atoms with Gasteiger partial charge in [-0.05, 0) is 25.0 Å². The van der Waals surface area contributed by atoms with E-state index < -0.39 is 0 Å². The second kappa shape index (κ2) is 6.34. The molecule has 1 aromatic rings. The Morgan fingerprint density at radius 3 is 2.71 bits per heavy atom. The van der Waals surface area contributed by atoms with E-state index in [1.54, 1.807) is 19.3 Å². The fourth-order valence-corrected chi connectivity index (χ4v) is 2.03. The monoisotopic (exact) mass is 290 g/mol. The lowest BCUT2D eigenvalue weighted by molar-refractivity contribution is -0.125. The lowest BCUT2D eigenvalue weighted by Crippen LogP contribution is -2.32. The lowest BCUT2D eigenvalue weighted by Gasteiger charge is -2.13. The minimum atomic E-state index is -0.305. The van der Waals surface area contributed by atoms with Crippen LogP contribution < -0.4 is 5.32 Å². The summed E-state index contributed by atoms with van der Waals surface area (Å²) in [5, 5.41) is 2.68. The lowest BCUT2D eigenvalue weighted by atomic mass is 10.2. The molecule has 7 nitrogen and oxygen atoms in total. The van der Waals surface area contributed by atoms with E-state index in [1.165, 1.54) is 9.80 Å². The third kappa shape index (κ3) is 3.77. The molecule has 1 aromatic heterocycles. The molecule has 0 unspecified atom stereocenters. The van der Waals surface area contributed by atoms with E-state index in [0.29, 0.717) is 12.2 Å². The normalized spacial score (nSPS) is 14.8. The molecule has 7 heteroatoms. The fourth-order valence-electron chi connectivity index (χ4n) is 2.03. The number of aryl methyl sites for hydroxylation is 1. The molecule has 0 aromatic carbocycles. The predicted octanol–water partition coefficient (Wildman–Crippen LogP) is 1.00. The van der Waals surface area contributed by atoms with E-state index in [9.17, 15) is 14.4 Å². The molecule has 1 saturated heterocycles. The zero-order valence-corrected chi connectivity index (χ0v) is 12.1. The largest absolute Gasteiger partial charge is 0.326 e. The zero-order chi connectivity index (χ0) is 15.4. The first-order chi connectivity index (χ1) is 9.97. The van der Waals surface area contributed by atoms with Crippen molar-refractivity contribution in [3.63, 3.8) is 0 Å². The Hall–Kier alpha value is -2.44. The van der Waals surface area contributed by atoms with E-state index in [2.05, 4.69) is 10.3 Å². The maximum absolute atomic E-state index is 11.7. The highest BCUT2D eigenvalue weighted by atomic mass is 16.2. The standard InChI is InChI=1S/C14H18N4O3/c1-10-5-6-11(15-8-10)16-12(19)4-3-7-18-13(20)9-17(2)14(18)21/h5-6,8H,3-4,7,9H2,1-2H3,(H,15,16,19). The molecule has 1 fully saturated rings. The summed E-state index contributed by atoms with van der Waals surface area (Å²) in [5.41, 5.74) is 1.02. The highest BCUT2D eigenvalue weighted by molar-refractivity contribution is 6.01. The van der Waals surface area contributed by atoms with Gasteiger partial charge in [0.2, 0.25) is 11.8 Å². The first kappa shape index (κ1) is 15.0. The smallest absolute Gasteiger partial charge is 0.318 e. The minimum Gasteiger partial charge on any atom is -0.318 e. The van der Waals surface area contributed by atoms with Gasteiger partial charge in [0.25, 0.3) is 0 Å². The molecule has 0 atom stereocenters. The predicted molar refractivity (Wildman–Crippen MR) is 76.6 cm³/mol. The summed E-state index contributed by atoms with van der Waals surface area (Å²) < 4.78 is 0. The van der Waals surface area contributed by atoms with Gasteiger partial charge in [0.1, 0.15) is 12.4 Å². The number of likely N-dealkylation sites (N-methyl/N-ethyl adjacent to an activating group) is 1. The molecule has 0 bridgehead atoms. The Balaban J connectivity index is 1.76. The van der Waals surface area contributed by atoms with Crippen molar-refractivity contribution in [2.24, 2.45) is 0 Å². The molecule has 2 rings (SSSR count). The van der Waals surface area contributed by atoms with Gasteiger partial charge >= 0.3 is 6.03 Å². The van der Waals surface area contributed by atoms with Crippen LogP contribution in [0.5, 0.6) is 0 Å². The van der Waals surface area contributed by atoms with Crippen LogP contribution in [0.25, 0.3) is 0 Å². The highest BCUT2D eigenvalue weighted by Crippen LogP contribution is 2.10. The van der Waals surface area contributed by atoms with Crippen LogP contribution in [0.4, 0.5) is 10.6 Å². The van der Waals surface area contributed by atoms with Crippen LogP contribution in [0.3, 0.4) is 0 Å². The highest BCUT2D eigenvalue weighted by Gasteiger charge is 2.32. The average molecular weight is 290 g/mol. The van der Waals surface area contributed by atoms with Gasteiger partial charge in [-0.3, -0.25) is 14.5 Å². The van der Waals surface area contributed by atoms with Crippen molar-refractivity contribution in [2.45, 2.75) is 19.8 Å². The number of hydrogen-bond acceptors (Lipinski definition) is 4. The van der Waals surface area contributed by atoms with Crippen LogP contribution in [0, 0.1) is 6.92 Å². The van der Waals surface area contributed by atoms with Crippen molar-refractivity contribution >= 4 is 23.7 Å². The van der Waals surface area contributed by atoms with Gasteiger partial charge in [-0.25, -0.2) is 9.78 Å².